The number of hydrogen-bond acceptors (Lipinski definition) is 5. The van der Waals surface area contributed by atoms with E-state index in [1.54, 1.807) is 18.2 Å². The van der Waals surface area contributed by atoms with Crippen LogP contribution in [-0.4, -0.2) is 34.7 Å². The maximum atomic E-state index is 13.0. The van der Waals surface area contributed by atoms with Gasteiger partial charge >= 0.3 is 0 Å². The van der Waals surface area contributed by atoms with Crippen LogP contribution in [0.2, 0.25) is 0 Å². The predicted molar refractivity (Wildman–Crippen MR) is 96.4 cm³/mol. The van der Waals surface area contributed by atoms with Gasteiger partial charge in [0.05, 0.1) is 11.5 Å². The van der Waals surface area contributed by atoms with Gasteiger partial charge in [-0.05, 0) is 18.2 Å². The Hall–Kier alpha value is -2.97. The second-order valence-electron chi connectivity index (χ2n) is 5.83. The molecule has 26 heavy (non-hydrogen) atoms. The van der Waals surface area contributed by atoms with Crippen molar-refractivity contribution < 1.29 is 13.5 Å². The highest BCUT2D eigenvalue weighted by Gasteiger charge is 2.25. The summed E-state index contributed by atoms with van der Waals surface area (Å²) in [7, 11) is -3.96. The zero-order valence-corrected chi connectivity index (χ0v) is 14.5. The first-order valence-corrected chi connectivity index (χ1v) is 9.49. The number of aliphatic hydroxyl groups is 1. The van der Waals surface area contributed by atoms with Crippen LogP contribution in [-0.2, 0) is 16.4 Å². The van der Waals surface area contributed by atoms with Gasteiger partial charge in [0.25, 0.3) is 0 Å². The van der Waals surface area contributed by atoms with Gasteiger partial charge in [-0.3, -0.25) is 5.41 Å². The Morgan fingerprint density at radius 2 is 1.77 bits per heavy atom. The summed E-state index contributed by atoms with van der Waals surface area (Å²) < 4.78 is 27.5. The molecule has 132 valence electrons. The molecule has 0 aliphatic rings. The van der Waals surface area contributed by atoms with Crippen molar-refractivity contribution in [3.05, 3.63) is 60.1 Å². The van der Waals surface area contributed by atoms with E-state index in [-0.39, 0.29) is 28.6 Å². The topological polar surface area (TPSA) is 112 Å². The van der Waals surface area contributed by atoms with Crippen LogP contribution in [0.4, 0.5) is 0 Å². The number of H-pyrrole nitrogens is 1. The fraction of sp³-hybridized carbons (Fsp3) is 0.111. The lowest BCUT2D eigenvalue weighted by Crippen LogP contribution is -2.29. The maximum Gasteiger partial charge on any atom is 0.227 e. The van der Waals surface area contributed by atoms with Crippen molar-refractivity contribution in [2.75, 3.05) is 6.61 Å². The molecule has 3 N–H and O–H groups in total. The molecule has 8 heteroatoms. The molecule has 0 aliphatic heterocycles. The molecule has 0 bridgehead atoms. The van der Waals surface area contributed by atoms with Crippen LogP contribution < -0.4 is 5.49 Å². The van der Waals surface area contributed by atoms with Crippen LogP contribution in [0.25, 0.3) is 22.1 Å². The van der Waals surface area contributed by atoms with E-state index in [1.165, 1.54) is 16.7 Å². The Bertz CT molecular complexity index is 1270. The molecule has 0 unspecified atom stereocenters. The third-order valence-corrected chi connectivity index (χ3v) is 5.93. The largest absolute Gasteiger partial charge is 0.395 e. The fourth-order valence-corrected chi connectivity index (χ4v) is 4.34. The van der Waals surface area contributed by atoms with Crippen molar-refractivity contribution in [1.82, 2.24) is 14.5 Å². The quantitative estimate of drug-likeness (QED) is 0.510. The normalized spacial score (nSPS) is 12.0. The molecular formula is C18H16N4O3S. The van der Waals surface area contributed by atoms with Gasteiger partial charge in [-0.25, -0.2) is 13.4 Å². The Kier molecular flexibility index (Phi) is 3.86. The highest BCUT2D eigenvalue weighted by atomic mass is 32.2. The van der Waals surface area contributed by atoms with Crippen molar-refractivity contribution in [2.24, 2.45) is 0 Å². The smallest absolute Gasteiger partial charge is 0.227 e. The molecule has 0 aliphatic carbocycles. The van der Waals surface area contributed by atoms with Crippen molar-refractivity contribution in [3.63, 3.8) is 0 Å². The standard InChI is InChI=1S/C18H16N4O3S/c19-16-18(26(24,25)12-6-2-1-3-7-12)21-15-13-8-4-5-9-14(13)20-17(15)22(16)10-11-23/h1-9,19-20,23H,10-11H2. The van der Waals surface area contributed by atoms with E-state index in [9.17, 15) is 13.5 Å². The van der Waals surface area contributed by atoms with E-state index in [4.69, 9.17) is 5.41 Å². The zero-order valence-electron chi connectivity index (χ0n) is 13.7. The number of rotatable bonds is 4. The van der Waals surface area contributed by atoms with Gasteiger partial charge in [0.15, 0.2) is 5.49 Å². The Morgan fingerprint density at radius 1 is 1.08 bits per heavy atom. The lowest BCUT2D eigenvalue weighted by Gasteiger charge is -2.11. The minimum absolute atomic E-state index is 0.0794. The monoisotopic (exact) mass is 368 g/mol. The number of nitrogens with one attached hydrogen (secondary N) is 2. The highest BCUT2D eigenvalue weighted by molar-refractivity contribution is 7.91. The Balaban J connectivity index is 2.12. The SMILES string of the molecule is N=c1c(S(=O)(=O)c2ccccc2)nc2c3ccccc3[nH]c2n1CCO. The van der Waals surface area contributed by atoms with Crippen LogP contribution in [0.5, 0.6) is 0 Å². The summed E-state index contributed by atoms with van der Waals surface area (Å²) in [6, 6.07) is 15.3. The molecule has 0 saturated heterocycles. The Labute approximate surface area is 149 Å². The second kappa shape index (κ2) is 6.08. The fourth-order valence-electron chi connectivity index (χ4n) is 3.03. The molecule has 2 aromatic carbocycles. The molecule has 4 rings (SSSR count). The third-order valence-electron chi connectivity index (χ3n) is 4.25. The van der Waals surface area contributed by atoms with E-state index in [2.05, 4.69) is 9.97 Å². The third kappa shape index (κ3) is 2.42. The summed E-state index contributed by atoms with van der Waals surface area (Å²) in [5, 5.41) is 18.2. The molecule has 0 fully saturated rings. The molecule has 2 heterocycles. The van der Waals surface area contributed by atoms with Crippen LogP contribution in [0.15, 0.2) is 64.5 Å². The van der Waals surface area contributed by atoms with Gasteiger partial charge in [0.2, 0.25) is 14.9 Å². The van der Waals surface area contributed by atoms with E-state index >= 15 is 0 Å². The first-order chi connectivity index (χ1) is 12.5. The molecule has 0 saturated carbocycles. The van der Waals surface area contributed by atoms with Gasteiger partial charge < -0.3 is 14.7 Å². The van der Waals surface area contributed by atoms with Crippen molar-refractivity contribution >= 4 is 31.9 Å². The van der Waals surface area contributed by atoms with E-state index in [0.29, 0.717) is 11.2 Å². The minimum Gasteiger partial charge on any atom is -0.395 e. The van der Waals surface area contributed by atoms with Gasteiger partial charge in [-0.2, -0.15) is 0 Å². The lowest BCUT2D eigenvalue weighted by molar-refractivity contribution is 0.274. The number of aromatic nitrogens is 3. The molecule has 0 atom stereocenters. The molecule has 0 spiro atoms. The van der Waals surface area contributed by atoms with Gasteiger partial charge in [0, 0.05) is 17.4 Å². The first-order valence-electron chi connectivity index (χ1n) is 8.01. The van der Waals surface area contributed by atoms with Crippen LogP contribution in [0, 0.1) is 5.41 Å². The summed E-state index contributed by atoms with van der Waals surface area (Å²) in [5.41, 5.74) is 1.49. The van der Waals surface area contributed by atoms with Gasteiger partial charge in [0.1, 0.15) is 11.2 Å². The summed E-state index contributed by atoms with van der Waals surface area (Å²) >= 11 is 0. The summed E-state index contributed by atoms with van der Waals surface area (Å²) in [4.78, 5) is 7.59. The highest BCUT2D eigenvalue weighted by Crippen LogP contribution is 2.25. The summed E-state index contributed by atoms with van der Waals surface area (Å²) in [6.07, 6.45) is 0. The minimum atomic E-state index is -3.96. The number of sulfone groups is 1. The van der Waals surface area contributed by atoms with E-state index in [0.717, 1.165) is 10.9 Å². The molecular weight excluding hydrogens is 352 g/mol. The Morgan fingerprint density at radius 3 is 2.50 bits per heavy atom. The maximum absolute atomic E-state index is 13.0. The number of aromatic amines is 1. The van der Waals surface area contributed by atoms with E-state index < -0.39 is 9.84 Å². The number of fused-ring (bicyclic) bond motifs is 3. The summed E-state index contributed by atoms with van der Waals surface area (Å²) in [6.45, 7) is -0.141. The van der Waals surface area contributed by atoms with Gasteiger partial charge in [-0.1, -0.05) is 36.4 Å². The molecule has 4 aromatic rings. The first kappa shape index (κ1) is 16.5. The number of aliphatic hydroxyl groups excluding tert-OH is 1. The molecule has 2 aromatic heterocycles. The second-order valence-corrected chi connectivity index (χ2v) is 7.69. The predicted octanol–water partition coefficient (Wildman–Crippen LogP) is 1.82. The van der Waals surface area contributed by atoms with Crippen LogP contribution in [0.3, 0.4) is 0 Å². The average molecular weight is 368 g/mol. The number of nitrogens with zero attached hydrogens (tertiary/aromatic N) is 2. The van der Waals surface area contributed by atoms with Crippen LogP contribution in [0.1, 0.15) is 0 Å². The number of benzene rings is 2. The van der Waals surface area contributed by atoms with Gasteiger partial charge in [-0.15, -0.1) is 0 Å². The van der Waals surface area contributed by atoms with Crippen molar-refractivity contribution in [1.29, 1.82) is 5.41 Å². The molecule has 7 nitrogen and oxygen atoms in total. The van der Waals surface area contributed by atoms with Crippen molar-refractivity contribution in [3.8, 4) is 0 Å². The number of hydrogen-bond donors (Lipinski definition) is 3. The lowest BCUT2D eigenvalue weighted by atomic mass is 10.2. The molecule has 0 amide bonds. The number of para-hydroxylation sites is 1. The summed E-state index contributed by atoms with van der Waals surface area (Å²) in [5.74, 6) is 0. The molecule has 0 radical (unpaired) electrons. The van der Waals surface area contributed by atoms with Crippen LogP contribution >= 0.6 is 0 Å². The zero-order chi connectivity index (χ0) is 18.3. The van der Waals surface area contributed by atoms with E-state index in [1.807, 2.05) is 24.3 Å². The van der Waals surface area contributed by atoms with Crippen molar-refractivity contribution in [2.45, 2.75) is 16.5 Å². The average Bonchev–Trinajstić information content (AvgIpc) is 3.03.